The maximum atomic E-state index is 6.08. The van der Waals surface area contributed by atoms with Crippen LogP contribution in [0.5, 0.6) is 11.5 Å². The van der Waals surface area contributed by atoms with Gasteiger partial charge in [-0.2, -0.15) is 0 Å². The second-order valence-corrected chi connectivity index (χ2v) is 6.85. The summed E-state index contributed by atoms with van der Waals surface area (Å²) < 4.78 is 11.9. The summed E-state index contributed by atoms with van der Waals surface area (Å²) in [6.45, 7) is 1.09. The minimum atomic E-state index is 0.517. The van der Waals surface area contributed by atoms with E-state index in [1.54, 1.807) is 6.20 Å². The van der Waals surface area contributed by atoms with Gasteiger partial charge in [-0.15, -0.1) is 0 Å². The van der Waals surface area contributed by atoms with Crippen LogP contribution in [0.4, 0.5) is 0 Å². The number of ether oxygens (including phenoxy) is 2. The van der Waals surface area contributed by atoms with E-state index in [9.17, 15) is 0 Å². The molecule has 0 aliphatic heterocycles. The van der Waals surface area contributed by atoms with Gasteiger partial charge in [0, 0.05) is 24.4 Å². The van der Waals surface area contributed by atoms with E-state index in [0.717, 1.165) is 29.0 Å². The summed E-state index contributed by atoms with van der Waals surface area (Å²) >= 11 is 0. The minimum absolute atomic E-state index is 0.517. The van der Waals surface area contributed by atoms with Gasteiger partial charge in [0.1, 0.15) is 24.7 Å². The lowest BCUT2D eigenvalue weighted by atomic mass is 10.0. The van der Waals surface area contributed by atoms with Gasteiger partial charge < -0.3 is 9.47 Å². The Morgan fingerprint density at radius 1 is 0.586 bits per heavy atom. The van der Waals surface area contributed by atoms with Crippen molar-refractivity contribution in [3.63, 3.8) is 0 Å². The maximum absolute atomic E-state index is 6.08. The molecule has 0 unspecified atom stereocenters. The first-order valence-corrected chi connectivity index (χ1v) is 9.72. The Labute approximate surface area is 171 Å². The van der Waals surface area contributed by atoms with E-state index in [1.807, 2.05) is 60.8 Å². The highest BCUT2D eigenvalue weighted by Gasteiger charge is 2.06. The van der Waals surface area contributed by atoms with Gasteiger partial charge in [-0.3, -0.25) is 4.98 Å². The first kappa shape index (κ1) is 18.8. The fraction of sp³-hybridized carbons (Fsp3) is 0.115. The van der Waals surface area contributed by atoms with Crippen LogP contribution in [0.3, 0.4) is 0 Å². The first-order chi connectivity index (χ1) is 14.4. The molecule has 0 radical (unpaired) electrons. The molecule has 3 heteroatoms. The van der Waals surface area contributed by atoms with E-state index in [0.29, 0.717) is 13.2 Å². The predicted octanol–water partition coefficient (Wildman–Crippen LogP) is 5.83. The van der Waals surface area contributed by atoms with Crippen molar-refractivity contribution in [1.29, 1.82) is 0 Å². The molecule has 0 saturated heterocycles. The molecule has 4 rings (SSSR count). The standard InChI is InChI=1S/C26H23NO2/c1-2-7-22(8-3-1)19-29-26-11-5-4-10-24(26)17-21-12-14-25(15-13-21)28-20-23-9-6-16-27-18-23/h1-16,18H,17,19-20H2. The van der Waals surface area contributed by atoms with Gasteiger partial charge >= 0.3 is 0 Å². The molecule has 0 bridgehead atoms. The van der Waals surface area contributed by atoms with Gasteiger partial charge in [0.15, 0.2) is 0 Å². The van der Waals surface area contributed by atoms with Crippen molar-refractivity contribution in [2.75, 3.05) is 0 Å². The molecule has 3 aromatic carbocycles. The number of rotatable bonds is 8. The molecule has 1 heterocycles. The summed E-state index contributed by atoms with van der Waals surface area (Å²) in [7, 11) is 0. The predicted molar refractivity (Wildman–Crippen MR) is 115 cm³/mol. The SMILES string of the molecule is c1ccc(COc2ccccc2Cc2ccc(OCc3cccnc3)cc2)cc1. The van der Waals surface area contributed by atoms with Crippen molar-refractivity contribution < 1.29 is 9.47 Å². The van der Waals surface area contributed by atoms with Crippen LogP contribution in [0, 0.1) is 0 Å². The number of benzene rings is 3. The molecule has 4 aromatic rings. The normalized spacial score (nSPS) is 10.5. The van der Waals surface area contributed by atoms with Crippen molar-refractivity contribution in [3.8, 4) is 11.5 Å². The van der Waals surface area contributed by atoms with Gasteiger partial charge in [0.2, 0.25) is 0 Å². The average Bonchev–Trinajstić information content (AvgIpc) is 2.79. The third-order valence-electron chi connectivity index (χ3n) is 4.66. The van der Waals surface area contributed by atoms with Crippen LogP contribution in [-0.2, 0) is 19.6 Å². The average molecular weight is 381 g/mol. The molecule has 0 atom stereocenters. The Bertz CT molecular complexity index is 1020. The van der Waals surface area contributed by atoms with Gasteiger partial charge in [0.25, 0.3) is 0 Å². The molecular formula is C26H23NO2. The fourth-order valence-corrected chi connectivity index (χ4v) is 3.10. The lowest BCUT2D eigenvalue weighted by Gasteiger charge is -2.12. The van der Waals surface area contributed by atoms with E-state index >= 15 is 0 Å². The summed E-state index contributed by atoms with van der Waals surface area (Å²) in [5.41, 5.74) is 4.61. The zero-order valence-corrected chi connectivity index (χ0v) is 16.2. The number of nitrogens with zero attached hydrogens (tertiary/aromatic N) is 1. The molecule has 0 aliphatic rings. The van der Waals surface area contributed by atoms with Gasteiger partial charge in [-0.05, 0) is 41.0 Å². The number of para-hydroxylation sites is 1. The topological polar surface area (TPSA) is 31.4 Å². The lowest BCUT2D eigenvalue weighted by Crippen LogP contribution is -1.99. The zero-order chi connectivity index (χ0) is 19.7. The Balaban J connectivity index is 1.37. The summed E-state index contributed by atoms with van der Waals surface area (Å²) in [6, 6.07) is 30.6. The Hall–Kier alpha value is -3.59. The van der Waals surface area contributed by atoms with Crippen molar-refractivity contribution in [3.05, 3.63) is 126 Å². The maximum Gasteiger partial charge on any atom is 0.123 e. The van der Waals surface area contributed by atoms with Crippen molar-refractivity contribution in [1.82, 2.24) is 4.98 Å². The summed E-state index contributed by atoms with van der Waals surface area (Å²) in [5, 5.41) is 0. The lowest BCUT2D eigenvalue weighted by molar-refractivity contribution is 0.303. The molecule has 144 valence electrons. The van der Waals surface area contributed by atoms with E-state index in [4.69, 9.17) is 9.47 Å². The second-order valence-electron chi connectivity index (χ2n) is 6.85. The number of hydrogen-bond donors (Lipinski definition) is 0. The molecule has 0 amide bonds. The first-order valence-electron chi connectivity index (χ1n) is 9.72. The van der Waals surface area contributed by atoms with Crippen LogP contribution in [-0.4, -0.2) is 4.98 Å². The van der Waals surface area contributed by atoms with Crippen LogP contribution in [0.25, 0.3) is 0 Å². The van der Waals surface area contributed by atoms with Gasteiger partial charge in [-0.1, -0.05) is 66.7 Å². The Morgan fingerprint density at radius 3 is 2.10 bits per heavy atom. The molecule has 0 aliphatic carbocycles. The molecule has 0 spiro atoms. The molecule has 3 nitrogen and oxygen atoms in total. The monoisotopic (exact) mass is 381 g/mol. The van der Waals surface area contributed by atoms with Crippen LogP contribution >= 0.6 is 0 Å². The Kier molecular flexibility index (Phi) is 6.18. The number of hydrogen-bond acceptors (Lipinski definition) is 3. The molecular weight excluding hydrogens is 358 g/mol. The van der Waals surface area contributed by atoms with E-state index < -0.39 is 0 Å². The van der Waals surface area contributed by atoms with Crippen LogP contribution in [0.2, 0.25) is 0 Å². The zero-order valence-electron chi connectivity index (χ0n) is 16.2. The number of aromatic nitrogens is 1. The quantitative estimate of drug-likeness (QED) is 0.385. The van der Waals surface area contributed by atoms with Crippen molar-refractivity contribution >= 4 is 0 Å². The van der Waals surface area contributed by atoms with Crippen molar-refractivity contribution in [2.45, 2.75) is 19.6 Å². The fourth-order valence-electron chi connectivity index (χ4n) is 3.10. The van der Waals surface area contributed by atoms with Crippen LogP contribution in [0.1, 0.15) is 22.3 Å². The van der Waals surface area contributed by atoms with Gasteiger partial charge in [0.05, 0.1) is 0 Å². The smallest absolute Gasteiger partial charge is 0.123 e. The third kappa shape index (κ3) is 5.45. The molecule has 0 N–H and O–H groups in total. The molecule has 1 aromatic heterocycles. The van der Waals surface area contributed by atoms with E-state index in [1.165, 1.54) is 11.1 Å². The second kappa shape index (κ2) is 9.56. The van der Waals surface area contributed by atoms with Crippen molar-refractivity contribution in [2.24, 2.45) is 0 Å². The largest absolute Gasteiger partial charge is 0.489 e. The molecule has 29 heavy (non-hydrogen) atoms. The highest BCUT2D eigenvalue weighted by atomic mass is 16.5. The summed E-state index contributed by atoms with van der Waals surface area (Å²) in [4.78, 5) is 4.11. The molecule has 0 saturated carbocycles. The summed E-state index contributed by atoms with van der Waals surface area (Å²) in [6.07, 6.45) is 4.40. The minimum Gasteiger partial charge on any atom is -0.489 e. The highest BCUT2D eigenvalue weighted by Crippen LogP contribution is 2.24. The van der Waals surface area contributed by atoms with Crippen LogP contribution < -0.4 is 9.47 Å². The van der Waals surface area contributed by atoms with E-state index in [-0.39, 0.29) is 0 Å². The van der Waals surface area contributed by atoms with E-state index in [2.05, 4.69) is 41.4 Å². The Morgan fingerprint density at radius 2 is 1.31 bits per heavy atom. The number of pyridine rings is 1. The molecule has 0 fully saturated rings. The van der Waals surface area contributed by atoms with Gasteiger partial charge in [-0.25, -0.2) is 0 Å². The summed E-state index contributed by atoms with van der Waals surface area (Å²) in [5.74, 6) is 1.78. The highest BCUT2D eigenvalue weighted by molar-refractivity contribution is 5.39. The third-order valence-corrected chi connectivity index (χ3v) is 4.66. The van der Waals surface area contributed by atoms with Crippen LogP contribution in [0.15, 0.2) is 103 Å².